The highest BCUT2D eigenvalue weighted by atomic mass is 16.7. The molecule has 0 aliphatic carbocycles. The third-order valence-electron chi connectivity index (χ3n) is 3.40. The minimum atomic E-state index is -0.0518. The van der Waals surface area contributed by atoms with E-state index in [9.17, 15) is 4.79 Å². The second kappa shape index (κ2) is 9.02. The number of carbonyl (C=O) groups is 1. The maximum absolute atomic E-state index is 10.6. The molecule has 0 aliphatic heterocycles. The maximum Gasteiger partial charge on any atom is 0.150 e. The molecule has 0 unspecified atom stereocenters. The number of rotatable bonds is 9. The first-order valence-electron chi connectivity index (χ1n) is 7.46. The number of ether oxygens (including phenoxy) is 3. The van der Waals surface area contributed by atoms with Crippen LogP contribution in [0.15, 0.2) is 42.6 Å². The third-order valence-corrected chi connectivity index (χ3v) is 3.40. The van der Waals surface area contributed by atoms with Crippen LogP contribution in [0.1, 0.15) is 34.6 Å². The van der Waals surface area contributed by atoms with Crippen LogP contribution in [0.5, 0.6) is 5.75 Å². The molecular formula is C18H21NO4. The minimum absolute atomic E-state index is 0.0518. The van der Waals surface area contributed by atoms with Crippen LogP contribution in [0, 0.1) is 0 Å². The molecule has 1 aromatic carbocycles. The van der Waals surface area contributed by atoms with E-state index in [1.807, 2.05) is 25.3 Å². The summed E-state index contributed by atoms with van der Waals surface area (Å²) < 4.78 is 16.0. The summed E-state index contributed by atoms with van der Waals surface area (Å²) in [5.41, 5.74) is 2.60. The average molecular weight is 315 g/mol. The van der Waals surface area contributed by atoms with Crippen molar-refractivity contribution in [1.29, 1.82) is 0 Å². The molecule has 122 valence electrons. The van der Waals surface area contributed by atoms with Gasteiger partial charge in [-0.1, -0.05) is 6.07 Å². The number of benzene rings is 1. The van der Waals surface area contributed by atoms with Crippen LogP contribution < -0.4 is 4.74 Å². The Morgan fingerprint density at radius 2 is 1.96 bits per heavy atom. The largest absolute Gasteiger partial charge is 0.493 e. The number of pyridine rings is 1. The van der Waals surface area contributed by atoms with Crippen molar-refractivity contribution in [2.75, 3.05) is 20.5 Å². The van der Waals surface area contributed by atoms with Crippen LogP contribution in [-0.2, 0) is 15.9 Å². The summed E-state index contributed by atoms with van der Waals surface area (Å²) in [5.74, 6) is 0.744. The zero-order chi connectivity index (χ0) is 16.5. The molecule has 1 aromatic heterocycles. The molecule has 0 N–H and O–H groups in total. The van der Waals surface area contributed by atoms with E-state index in [1.165, 1.54) is 0 Å². The summed E-state index contributed by atoms with van der Waals surface area (Å²) in [5, 5.41) is 0. The van der Waals surface area contributed by atoms with Crippen LogP contribution in [-0.4, -0.2) is 31.8 Å². The normalized spacial score (nSPS) is 11.9. The first-order valence-corrected chi connectivity index (χ1v) is 7.46. The second-order valence-electron chi connectivity index (χ2n) is 5.08. The monoisotopic (exact) mass is 315 g/mol. The first kappa shape index (κ1) is 17.1. The van der Waals surface area contributed by atoms with Gasteiger partial charge < -0.3 is 14.2 Å². The molecule has 0 radical (unpaired) electrons. The lowest BCUT2D eigenvalue weighted by Gasteiger charge is -2.12. The number of aromatic nitrogens is 1. The van der Waals surface area contributed by atoms with Gasteiger partial charge in [-0.3, -0.25) is 9.78 Å². The molecule has 0 fully saturated rings. The predicted molar refractivity (Wildman–Crippen MR) is 86.6 cm³/mol. The topological polar surface area (TPSA) is 57.7 Å². The molecule has 0 aliphatic rings. The second-order valence-corrected chi connectivity index (χ2v) is 5.08. The summed E-state index contributed by atoms with van der Waals surface area (Å²) >= 11 is 0. The highest BCUT2D eigenvalue weighted by molar-refractivity contribution is 5.74. The Morgan fingerprint density at radius 1 is 1.17 bits per heavy atom. The fourth-order valence-electron chi connectivity index (χ4n) is 2.01. The zero-order valence-electron chi connectivity index (χ0n) is 13.4. The molecule has 0 amide bonds. The molecule has 0 bridgehead atoms. The summed E-state index contributed by atoms with van der Waals surface area (Å²) in [6, 6.07) is 11.0. The van der Waals surface area contributed by atoms with Crippen molar-refractivity contribution in [2.45, 2.75) is 19.4 Å². The third kappa shape index (κ3) is 5.47. The van der Waals surface area contributed by atoms with Gasteiger partial charge in [0.05, 0.1) is 12.7 Å². The summed E-state index contributed by atoms with van der Waals surface area (Å²) in [7, 11) is 1.60. The van der Waals surface area contributed by atoms with Crippen molar-refractivity contribution in [3.05, 3.63) is 59.4 Å². The van der Waals surface area contributed by atoms with E-state index in [-0.39, 0.29) is 12.9 Å². The van der Waals surface area contributed by atoms with Gasteiger partial charge in [0.2, 0.25) is 0 Å². The van der Waals surface area contributed by atoms with Crippen LogP contribution >= 0.6 is 0 Å². The van der Waals surface area contributed by atoms with E-state index in [0.29, 0.717) is 18.6 Å². The number of hydrogen-bond acceptors (Lipinski definition) is 5. The number of hydrogen-bond donors (Lipinski definition) is 0. The predicted octanol–water partition coefficient (Wildman–Crippen LogP) is 3.20. The van der Waals surface area contributed by atoms with Crippen molar-refractivity contribution < 1.29 is 19.0 Å². The lowest BCUT2D eigenvalue weighted by atomic mass is 10.1. The van der Waals surface area contributed by atoms with Crippen molar-refractivity contribution in [2.24, 2.45) is 0 Å². The quantitative estimate of drug-likeness (QED) is 0.525. The number of aldehydes is 1. The highest BCUT2D eigenvalue weighted by Crippen LogP contribution is 2.16. The van der Waals surface area contributed by atoms with Crippen molar-refractivity contribution in [3.8, 4) is 5.75 Å². The number of carbonyl (C=O) groups excluding carboxylic acids is 1. The van der Waals surface area contributed by atoms with Gasteiger partial charge in [0.1, 0.15) is 18.8 Å². The lowest BCUT2D eigenvalue weighted by Crippen LogP contribution is -2.06. The summed E-state index contributed by atoms with van der Waals surface area (Å²) in [4.78, 5) is 15.0. The van der Waals surface area contributed by atoms with Gasteiger partial charge >= 0.3 is 0 Å². The Kier molecular flexibility index (Phi) is 6.72. The Balaban J connectivity index is 1.80. The molecule has 2 aromatic rings. The van der Waals surface area contributed by atoms with E-state index >= 15 is 0 Å². The molecule has 5 nitrogen and oxygen atoms in total. The molecule has 2 rings (SSSR count). The molecule has 1 atom stereocenters. The molecular weight excluding hydrogens is 294 g/mol. The Morgan fingerprint density at radius 3 is 2.57 bits per heavy atom. The van der Waals surface area contributed by atoms with E-state index in [0.717, 1.165) is 23.3 Å². The van der Waals surface area contributed by atoms with E-state index in [2.05, 4.69) is 4.98 Å². The molecule has 0 saturated carbocycles. The van der Waals surface area contributed by atoms with Crippen molar-refractivity contribution in [1.82, 2.24) is 4.98 Å². The SMILES string of the molecule is COCO[C@@H](C)c1ccc(CCOc2ccc(C=O)cc2)nc1. The fourth-order valence-corrected chi connectivity index (χ4v) is 2.01. The zero-order valence-corrected chi connectivity index (χ0v) is 13.4. The van der Waals surface area contributed by atoms with E-state index in [1.54, 1.807) is 31.4 Å². The minimum Gasteiger partial charge on any atom is -0.493 e. The number of methoxy groups -OCH3 is 1. The van der Waals surface area contributed by atoms with Gasteiger partial charge in [-0.05, 0) is 42.8 Å². The lowest BCUT2D eigenvalue weighted by molar-refractivity contribution is -0.0667. The van der Waals surface area contributed by atoms with Crippen molar-refractivity contribution in [3.63, 3.8) is 0 Å². The maximum atomic E-state index is 10.6. The van der Waals surface area contributed by atoms with E-state index in [4.69, 9.17) is 14.2 Å². The molecule has 0 spiro atoms. The first-order chi connectivity index (χ1) is 11.2. The van der Waals surface area contributed by atoms with Gasteiger partial charge in [0.25, 0.3) is 0 Å². The standard InChI is InChI=1S/C18H21NO4/c1-14(23-13-21-2)16-5-6-17(19-11-16)9-10-22-18-7-3-15(12-20)4-8-18/h3-8,11-12,14H,9-10,13H2,1-2H3/t14-/m0/s1. The molecule has 5 heteroatoms. The van der Waals surface area contributed by atoms with Crippen LogP contribution in [0.2, 0.25) is 0 Å². The average Bonchev–Trinajstić information content (AvgIpc) is 2.61. The molecule has 23 heavy (non-hydrogen) atoms. The van der Waals surface area contributed by atoms with Gasteiger partial charge in [0, 0.05) is 31.0 Å². The summed E-state index contributed by atoms with van der Waals surface area (Å²) in [6.45, 7) is 2.75. The van der Waals surface area contributed by atoms with Gasteiger partial charge in [-0.2, -0.15) is 0 Å². The Labute approximate surface area is 136 Å². The van der Waals surface area contributed by atoms with Gasteiger partial charge in [0.15, 0.2) is 0 Å². The molecule has 0 saturated heterocycles. The smallest absolute Gasteiger partial charge is 0.150 e. The number of nitrogens with zero attached hydrogens (tertiary/aromatic N) is 1. The Bertz CT molecular complexity index is 595. The molecule has 1 heterocycles. The van der Waals surface area contributed by atoms with Crippen LogP contribution in [0.25, 0.3) is 0 Å². The summed E-state index contributed by atoms with van der Waals surface area (Å²) in [6.07, 6.45) is 3.29. The van der Waals surface area contributed by atoms with Gasteiger partial charge in [-0.15, -0.1) is 0 Å². The highest BCUT2D eigenvalue weighted by Gasteiger charge is 2.06. The fraction of sp³-hybridized carbons (Fsp3) is 0.333. The Hall–Kier alpha value is -2.24. The van der Waals surface area contributed by atoms with Crippen LogP contribution in [0.4, 0.5) is 0 Å². The van der Waals surface area contributed by atoms with Gasteiger partial charge in [-0.25, -0.2) is 0 Å². The van der Waals surface area contributed by atoms with Crippen molar-refractivity contribution >= 4 is 6.29 Å². The van der Waals surface area contributed by atoms with Crippen LogP contribution in [0.3, 0.4) is 0 Å². The van der Waals surface area contributed by atoms with E-state index < -0.39 is 0 Å².